The molecule has 0 bridgehead atoms. The molecule has 0 aliphatic carbocycles. The van der Waals surface area contributed by atoms with Crippen LogP contribution in [0.15, 0.2) is 53.5 Å². The first kappa shape index (κ1) is 21.2. The summed E-state index contributed by atoms with van der Waals surface area (Å²) in [5, 5.41) is 6.63. The number of rotatable bonds is 7. The number of halogens is 1. The van der Waals surface area contributed by atoms with Gasteiger partial charge in [0.1, 0.15) is 5.75 Å². The van der Waals surface area contributed by atoms with Crippen LogP contribution in [-0.4, -0.2) is 27.2 Å². The average molecular weight is 455 g/mol. The summed E-state index contributed by atoms with van der Waals surface area (Å²) in [5.74, 6) is 1.63. The predicted molar refractivity (Wildman–Crippen MR) is 113 cm³/mol. The van der Waals surface area contributed by atoms with Gasteiger partial charge in [-0.15, -0.1) is 24.0 Å². The maximum Gasteiger partial charge on any atom is 0.191 e. The Labute approximate surface area is 166 Å². The van der Waals surface area contributed by atoms with Gasteiger partial charge in [0.2, 0.25) is 0 Å². The topological polar surface area (TPSA) is 54.9 Å². The smallest absolute Gasteiger partial charge is 0.191 e. The van der Waals surface area contributed by atoms with Crippen LogP contribution < -0.4 is 15.4 Å². The molecule has 25 heavy (non-hydrogen) atoms. The number of guanidine groups is 1. The quantitative estimate of drug-likeness (QED) is 0.382. The number of hydrogen-bond donors (Lipinski definition) is 2. The molecule has 0 saturated carbocycles. The molecule has 0 saturated heterocycles. The summed E-state index contributed by atoms with van der Waals surface area (Å²) in [4.78, 5) is 4.26. The minimum absolute atomic E-state index is 0. The fourth-order valence-electron chi connectivity index (χ4n) is 2.33. The zero-order chi connectivity index (χ0) is 17.2. The molecule has 0 atom stereocenters. The van der Waals surface area contributed by atoms with Gasteiger partial charge < -0.3 is 20.1 Å². The minimum Gasteiger partial charge on any atom is -0.497 e. The van der Waals surface area contributed by atoms with Crippen molar-refractivity contribution in [1.82, 2.24) is 10.6 Å². The van der Waals surface area contributed by atoms with Gasteiger partial charge in [-0.2, -0.15) is 0 Å². The maximum atomic E-state index is 5.17. The first-order chi connectivity index (χ1) is 11.7. The lowest BCUT2D eigenvalue weighted by atomic mass is 10.1. The fourth-order valence-corrected chi connectivity index (χ4v) is 2.33. The third-order valence-corrected chi connectivity index (χ3v) is 3.60. The molecular formula is C19H26IN3O2. The highest BCUT2D eigenvalue weighted by Crippen LogP contribution is 2.11. The molecule has 0 aliphatic rings. The van der Waals surface area contributed by atoms with Crippen molar-refractivity contribution < 1.29 is 9.47 Å². The van der Waals surface area contributed by atoms with E-state index < -0.39 is 0 Å². The third-order valence-electron chi connectivity index (χ3n) is 3.60. The van der Waals surface area contributed by atoms with Crippen LogP contribution in [0.1, 0.15) is 16.7 Å². The van der Waals surface area contributed by atoms with Crippen LogP contribution >= 0.6 is 24.0 Å². The van der Waals surface area contributed by atoms with Crippen LogP contribution in [0, 0.1) is 0 Å². The number of methoxy groups -OCH3 is 2. The van der Waals surface area contributed by atoms with Gasteiger partial charge >= 0.3 is 0 Å². The maximum absolute atomic E-state index is 5.17. The first-order valence-electron chi connectivity index (χ1n) is 7.89. The lowest BCUT2D eigenvalue weighted by Gasteiger charge is -2.13. The summed E-state index contributed by atoms with van der Waals surface area (Å²) in [6.07, 6.45) is 0. The van der Waals surface area contributed by atoms with E-state index in [1.165, 1.54) is 11.1 Å². The Balaban J connectivity index is 0.00000312. The molecule has 2 aromatic rings. The van der Waals surface area contributed by atoms with E-state index >= 15 is 0 Å². The van der Waals surface area contributed by atoms with Gasteiger partial charge in [0.15, 0.2) is 5.96 Å². The SMILES string of the molecule is CN=C(NCc1ccc(OC)cc1)NCc1cccc(COC)c1.I. The highest BCUT2D eigenvalue weighted by molar-refractivity contribution is 14.0. The van der Waals surface area contributed by atoms with Gasteiger partial charge in [-0.25, -0.2) is 0 Å². The summed E-state index contributed by atoms with van der Waals surface area (Å²) in [6.45, 7) is 2.03. The van der Waals surface area contributed by atoms with E-state index in [9.17, 15) is 0 Å². The zero-order valence-electron chi connectivity index (χ0n) is 14.9. The Bertz CT molecular complexity index is 660. The van der Waals surface area contributed by atoms with Gasteiger partial charge in [0.25, 0.3) is 0 Å². The molecule has 136 valence electrons. The van der Waals surface area contributed by atoms with E-state index in [4.69, 9.17) is 9.47 Å². The Hall–Kier alpha value is -1.80. The molecule has 0 aromatic heterocycles. The molecular weight excluding hydrogens is 429 g/mol. The van der Waals surface area contributed by atoms with Crippen LogP contribution in [0.3, 0.4) is 0 Å². The van der Waals surface area contributed by atoms with Crippen molar-refractivity contribution in [2.75, 3.05) is 21.3 Å². The molecule has 2 N–H and O–H groups in total. The Morgan fingerprint density at radius 1 is 0.920 bits per heavy atom. The van der Waals surface area contributed by atoms with Crippen molar-refractivity contribution in [2.45, 2.75) is 19.7 Å². The molecule has 0 amide bonds. The monoisotopic (exact) mass is 455 g/mol. The fraction of sp³-hybridized carbons (Fsp3) is 0.316. The van der Waals surface area contributed by atoms with Gasteiger partial charge in [0, 0.05) is 27.2 Å². The van der Waals surface area contributed by atoms with Crippen molar-refractivity contribution >= 4 is 29.9 Å². The molecule has 0 unspecified atom stereocenters. The molecule has 2 rings (SSSR count). The lowest BCUT2D eigenvalue weighted by molar-refractivity contribution is 0.185. The molecule has 6 heteroatoms. The van der Waals surface area contributed by atoms with E-state index in [0.29, 0.717) is 19.7 Å². The second-order valence-electron chi connectivity index (χ2n) is 5.38. The van der Waals surface area contributed by atoms with Crippen molar-refractivity contribution in [2.24, 2.45) is 4.99 Å². The normalized spacial score (nSPS) is 10.8. The molecule has 0 spiro atoms. The standard InChI is InChI=1S/C19H25N3O2.HI/c1-20-19(21-12-15-7-9-18(24-3)10-8-15)22-13-16-5-4-6-17(11-16)14-23-2;/h4-11H,12-14H2,1-3H3,(H2,20,21,22);1H. The second kappa shape index (κ2) is 11.7. The average Bonchev–Trinajstić information content (AvgIpc) is 2.63. The number of nitrogens with one attached hydrogen (secondary N) is 2. The van der Waals surface area contributed by atoms with Crippen LogP contribution in [-0.2, 0) is 24.4 Å². The molecule has 5 nitrogen and oxygen atoms in total. The summed E-state index contributed by atoms with van der Waals surface area (Å²) in [5.41, 5.74) is 3.52. The summed E-state index contributed by atoms with van der Waals surface area (Å²) in [7, 11) is 5.14. The van der Waals surface area contributed by atoms with Crippen LogP contribution in [0.25, 0.3) is 0 Å². The van der Waals surface area contributed by atoms with E-state index in [1.807, 2.05) is 30.3 Å². The van der Waals surface area contributed by atoms with Gasteiger partial charge in [-0.1, -0.05) is 36.4 Å². The number of nitrogens with zero attached hydrogens (tertiary/aromatic N) is 1. The number of benzene rings is 2. The molecule has 0 heterocycles. The molecule has 0 radical (unpaired) electrons. The summed E-state index contributed by atoms with van der Waals surface area (Å²) in [6, 6.07) is 16.3. The first-order valence-corrected chi connectivity index (χ1v) is 7.89. The number of hydrogen-bond acceptors (Lipinski definition) is 3. The lowest BCUT2D eigenvalue weighted by Crippen LogP contribution is -2.36. The van der Waals surface area contributed by atoms with Crippen LogP contribution in [0.5, 0.6) is 5.75 Å². The Kier molecular flexibility index (Phi) is 9.94. The zero-order valence-corrected chi connectivity index (χ0v) is 17.2. The van der Waals surface area contributed by atoms with Crippen molar-refractivity contribution in [3.8, 4) is 5.75 Å². The van der Waals surface area contributed by atoms with E-state index in [-0.39, 0.29) is 24.0 Å². The molecule has 0 fully saturated rings. The van der Waals surface area contributed by atoms with Gasteiger partial charge in [-0.05, 0) is 28.8 Å². The van der Waals surface area contributed by atoms with Crippen molar-refractivity contribution in [1.29, 1.82) is 0 Å². The van der Waals surface area contributed by atoms with E-state index in [2.05, 4.69) is 33.8 Å². The Morgan fingerprint density at radius 3 is 2.16 bits per heavy atom. The van der Waals surface area contributed by atoms with Crippen LogP contribution in [0.4, 0.5) is 0 Å². The molecule has 0 aliphatic heterocycles. The molecule has 2 aromatic carbocycles. The van der Waals surface area contributed by atoms with E-state index in [1.54, 1.807) is 21.3 Å². The van der Waals surface area contributed by atoms with Gasteiger partial charge in [-0.3, -0.25) is 4.99 Å². The van der Waals surface area contributed by atoms with Crippen molar-refractivity contribution in [3.05, 3.63) is 65.2 Å². The predicted octanol–water partition coefficient (Wildman–Crippen LogP) is 3.32. The van der Waals surface area contributed by atoms with E-state index in [0.717, 1.165) is 17.3 Å². The largest absolute Gasteiger partial charge is 0.497 e. The number of aliphatic imine (C=N–C) groups is 1. The highest BCUT2D eigenvalue weighted by atomic mass is 127. The third kappa shape index (κ3) is 7.31. The summed E-state index contributed by atoms with van der Waals surface area (Å²) >= 11 is 0. The highest BCUT2D eigenvalue weighted by Gasteiger charge is 2.01. The van der Waals surface area contributed by atoms with Gasteiger partial charge in [0.05, 0.1) is 13.7 Å². The summed E-state index contributed by atoms with van der Waals surface area (Å²) < 4.78 is 10.3. The minimum atomic E-state index is 0. The van der Waals surface area contributed by atoms with Crippen LogP contribution in [0.2, 0.25) is 0 Å². The number of ether oxygens (including phenoxy) is 2. The Morgan fingerprint density at radius 2 is 1.56 bits per heavy atom. The van der Waals surface area contributed by atoms with Crippen molar-refractivity contribution in [3.63, 3.8) is 0 Å². The second-order valence-corrected chi connectivity index (χ2v) is 5.38.